The predicted octanol–water partition coefficient (Wildman–Crippen LogP) is 3.07. The lowest BCUT2D eigenvalue weighted by molar-refractivity contribution is 0.225. The van der Waals surface area contributed by atoms with E-state index in [9.17, 15) is 9.90 Å². The molecular weight excluding hydrogens is 260 g/mol. The van der Waals surface area contributed by atoms with Crippen LogP contribution in [0.25, 0.3) is 11.0 Å². The van der Waals surface area contributed by atoms with Gasteiger partial charge in [-0.2, -0.15) is 0 Å². The molecule has 0 saturated heterocycles. The highest BCUT2D eigenvalue weighted by atomic mass is 16.5. The summed E-state index contributed by atoms with van der Waals surface area (Å²) in [5.74, 6) is 0.0701. The first-order valence-corrected chi connectivity index (χ1v) is 6.52. The molecule has 0 fully saturated rings. The number of hydrogen-bond acceptors (Lipinski definition) is 5. The van der Waals surface area contributed by atoms with Gasteiger partial charge >= 0.3 is 5.63 Å². The number of ether oxygens (including phenoxy) is 2. The Morgan fingerprint density at radius 3 is 2.35 bits per heavy atom. The summed E-state index contributed by atoms with van der Waals surface area (Å²) in [7, 11) is 0. The lowest BCUT2D eigenvalue weighted by Gasteiger charge is -2.16. The average Bonchev–Trinajstić information content (AvgIpc) is 2.33. The molecule has 108 valence electrons. The number of hydrogen-bond donors (Lipinski definition) is 1. The van der Waals surface area contributed by atoms with Crippen LogP contribution < -0.4 is 15.1 Å². The van der Waals surface area contributed by atoms with Gasteiger partial charge in [0, 0.05) is 0 Å². The molecule has 0 amide bonds. The van der Waals surface area contributed by atoms with Crippen molar-refractivity contribution < 1.29 is 19.0 Å². The average molecular weight is 278 g/mol. The standard InChI is InChI=1S/C15H18O5/c1-8(2)18-10-6-5-7-11-12(10)14(19-9(3)4)13(16)15(17)20-11/h5-9,16H,1-4H3. The molecule has 0 radical (unpaired) electrons. The molecule has 2 rings (SSSR count). The van der Waals surface area contributed by atoms with Crippen molar-refractivity contribution in [2.24, 2.45) is 0 Å². The second kappa shape index (κ2) is 5.45. The second-order valence-corrected chi connectivity index (χ2v) is 5.03. The Bertz CT molecular complexity index is 670. The number of fused-ring (bicyclic) bond motifs is 1. The monoisotopic (exact) mass is 278 g/mol. The van der Waals surface area contributed by atoms with Gasteiger partial charge in [0.05, 0.1) is 12.2 Å². The van der Waals surface area contributed by atoms with E-state index >= 15 is 0 Å². The molecule has 0 bridgehead atoms. The van der Waals surface area contributed by atoms with Crippen molar-refractivity contribution in [3.05, 3.63) is 28.6 Å². The Morgan fingerprint density at radius 1 is 1.10 bits per heavy atom. The molecule has 0 aliphatic heterocycles. The van der Waals surface area contributed by atoms with Crippen molar-refractivity contribution in [1.82, 2.24) is 0 Å². The minimum absolute atomic E-state index is 0.0541. The van der Waals surface area contributed by atoms with Crippen LogP contribution in [0.3, 0.4) is 0 Å². The van der Waals surface area contributed by atoms with Crippen LogP contribution in [0.4, 0.5) is 0 Å². The molecule has 1 heterocycles. The first-order valence-electron chi connectivity index (χ1n) is 6.52. The van der Waals surface area contributed by atoms with E-state index in [1.54, 1.807) is 18.2 Å². The molecule has 5 nitrogen and oxygen atoms in total. The van der Waals surface area contributed by atoms with Crippen molar-refractivity contribution in [3.8, 4) is 17.2 Å². The van der Waals surface area contributed by atoms with Crippen molar-refractivity contribution in [2.75, 3.05) is 0 Å². The second-order valence-electron chi connectivity index (χ2n) is 5.03. The summed E-state index contributed by atoms with van der Waals surface area (Å²) < 4.78 is 16.3. The van der Waals surface area contributed by atoms with Crippen molar-refractivity contribution in [2.45, 2.75) is 39.9 Å². The molecule has 0 spiro atoms. The maximum atomic E-state index is 11.6. The fraction of sp³-hybridized carbons (Fsp3) is 0.400. The normalized spacial score (nSPS) is 11.3. The third kappa shape index (κ3) is 2.71. The minimum atomic E-state index is -0.824. The summed E-state index contributed by atoms with van der Waals surface area (Å²) in [5, 5.41) is 10.4. The van der Waals surface area contributed by atoms with Gasteiger partial charge in [-0.3, -0.25) is 0 Å². The Balaban J connectivity index is 2.76. The van der Waals surface area contributed by atoms with Crippen LogP contribution in [-0.2, 0) is 0 Å². The molecular formula is C15H18O5. The summed E-state index contributed by atoms with van der Waals surface area (Å²) in [6.07, 6.45) is -0.250. The third-order valence-electron chi connectivity index (χ3n) is 2.54. The Labute approximate surface area is 116 Å². The van der Waals surface area contributed by atoms with Gasteiger partial charge in [0.1, 0.15) is 16.7 Å². The van der Waals surface area contributed by atoms with Crippen LogP contribution in [-0.4, -0.2) is 17.3 Å². The molecule has 0 atom stereocenters. The topological polar surface area (TPSA) is 68.9 Å². The minimum Gasteiger partial charge on any atom is -0.499 e. The number of aromatic hydroxyl groups is 1. The van der Waals surface area contributed by atoms with Gasteiger partial charge in [0.2, 0.25) is 5.75 Å². The third-order valence-corrected chi connectivity index (χ3v) is 2.54. The number of benzene rings is 1. The van der Waals surface area contributed by atoms with Crippen LogP contribution in [0.15, 0.2) is 27.4 Å². The molecule has 2 aromatic rings. The van der Waals surface area contributed by atoms with Crippen LogP contribution in [0, 0.1) is 0 Å². The fourth-order valence-electron chi connectivity index (χ4n) is 1.88. The maximum Gasteiger partial charge on any atom is 0.382 e. The molecule has 1 aromatic heterocycles. The van der Waals surface area contributed by atoms with E-state index in [1.807, 2.05) is 27.7 Å². The van der Waals surface area contributed by atoms with Crippen molar-refractivity contribution >= 4 is 11.0 Å². The van der Waals surface area contributed by atoms with Gasteiger partial charge in [-0.15, -0.1) is 0 Å². The zero-order chi connectivity index (χ0) is 14.9. The van der Waals surface area contributed by atoms with E-state index in [0.29, 0.717) is 16.7 Å². The SMILES string of the molecule is CC(C)Oc1cccc2oc(=O)c(O)c(OC(C)C)c12. The van der Waals surface area contributed by atoms with E-state index in [-0.39, 0.29) is 18.0 Å². The Kier molecular flexibility index (Phi) is 3.88. The van der Waals surface area contributed by atoms with Gasteiger partial charge in [0.15, 0.2) is 5.75 Å². The molecule has 20 heavy (non-hydrogen) atoms. The van der Waals surface area contributed by atoms with E-state index < -0.39 is 11.4 Å². The van der Waals surface area contributed by atoms with E-state index in [1.165, 1.54) is 0 Å². The van der Waals surface area contributed by atoms with Crippen LogP contribution in [0.2, 0.25) is 0 Å². The molecule has 0 aliphatic carbocycles. The lowest BCUT2D eigenvalue weighted by Crippen LogP contribution is -2.11. The summed E-state index contributed by atoms with van der Waals surface area (Å²) >= 11 is 0. The van der Waals surface area contributed by atoms with Gasteiger partial charge in [-0.05, 0) is 39.8 Å². The zero-order valence-electron chi connectivity index (χ0n) is 12.0. The van der Waals surface area contributed by atoms with Crippen LogP contribution >= 0.6 is 0 Å². The van der Waals surface area contributed by atoms with E-state index in [4.69, 9.17) is 13.9 Å². The quantitative estimate of drug-likeness (QED) is 0.870. The Morgan fingerprint density at radius 2 is 1.75 bits per heavy atom. The van der Waals surface area contributed by atoms with Crippen molar-refractivity contribution in [1.29, 1.82) is 0 Å². The predicted molar refractivity (Wildman–Crippen MR) is 75.7 cm³/mol. The first-order chi connectivity index (χ1) is 9.40. The highest BCUT2D eigenvalue weighted by molar-refractivity contribution is 5.91. The van der Waals surface area contributed by atoms with E-state index in [2.05, 4.69) is 0 Å². The van der Waals surface area contributed by atoms with Gasteiger partial charge < -0.3 is 19.0 Å². The van der Waals surface area contributed by atoms with E-state index in [0.717, 1.165) is 0 Å². The highest BCUT2D eigenvalue weighted by Crippen LogP contribution is 2.39. The maximum absolute atomic E-state index is 11.6. The van der Waals surface area contributed by atoms with Crippen LogP contribution in [0.1, 0.15) is 27.7 Å². The zero-order valence-corrected chi connectivity index (χ0v) is 12.0. The molecule has 1 aromatic carbocycles. The smallest absolute Gasteiger partial charge is 0.382 e. The number of rotatable bonds is 4. The largest absolute Gasteiger partial charge is 0.499 e. The summed E-state index contributed by atoms with van der Waals surface area (Å²) in [5.41, 5.74) is -0.503. The molecule has 1 N–H and O–H groups in total. The lowest BCUT2D eigenvalue weighted by atomic mass is 10.2. The molecule has 5 heteroatoms. The Hall–Kier alpha value is -2.17. The van der Waals surface area contributed by atoms with Gasteiger partial charge in [-0.1, -0.05) is 6.07 Å². The van der Waals surface area contributed by atoms with Crippen molar-refractivity contribution in [3.63, 3.8) is 0 Å². The van der Waals surface area contributed by atoms with Gasteiger partial charge in [0.25, 0.3) is 0 Å². The summed E-state index contributed by atoms with van der Waals surface area (Å²) in [4.78, 5) is 11.6. The summed E-state index contributed by atoms with van der Waals surface area (Å²) in [6, 6.07) is 5.10. The van der Waals surface area contributed by atoms with Gasteiger partial charge in [-0.25, -0.2) is 4.79 Å². The summed E-state index contributed by atoms with van der Waals surface area (Å²) in [6.45, 7) is 7.40. The molecule has 0 aliphatic rings. The van der Waals surface area contributed by atoms with Crippen LogP contribution in [0.5, 0.6) is 17.2 Å². The highest BCUT2D eigenvalue weighted by Gasteiger charge is 2.20. The molecule has 0 saturated carbocycles. The fourth-order valence-corrected chi connectivity index (χ4v) is 1.88. The molecule has 0 unspecified atom stereocenters. The first kappa shape index (κ1) is 14.2.